The number of hydrogen-bond donors (Lipinski definition) is 1. The summed E-state index contributed by atoms with van der Waals surface area (Å²) >= 11 is 7.64. The normalized spacial score (nSPS) is 11.6. The van der Waals surface area contributed by atoms with Gasteiger partial charge >= 0.3 is 0 Å². The molecule has 0 spiro atoms. The van der Waals surface area contributed by atoms with E-state index in [1.54, 1.807) is 25.0 Å². The van der Waals surface area contributed by atoms with Gasteiger partial charge in [0.25, 0.3) is 0 Å². The molecule has 168 valence electrons. The van der Waals surface area contributed by atoms with Crippen LogP contribution in [-0.2, 0) is 21.9 Å². The second kappa shape index (κ2) is 13.3. The number of methoxy groups -OCH3 is 1. The molecule has 1 atom stereocenters. The fraction of sp³-hybridized carbons (Fsp3) is 0.417. The number of hydrogen-bond acceptors (Lipinski definition) is 4. The van der Waals surface area contributed by atoms with Crippen molar-refractivity contribution in [1.82, 2.24) is 10.2 Å². The molecule has 0 aromatic heterocycles. The van der Waals surface area contributed by atoms with E-state index in [1.165, 1.54) is 11.8 Å². The molecule has 2 aromatic carbocycles. The number of ether oxygens (including phenoxy) is 1. The number of nitrogens with one attached hydrogen (secondary N) is 1. The number of unbranched alkanes of at least 4 members (excludes halogenated alkanes) is 1. The summed E-state index contributed by atoms with van der Waals surface area (Å²) in [4.78, 5) is 27.3. The molecule has 0 aliphatic carbocycles. The van der Waals surface area contributed by atoms with Crippen LogP contribution in [0.15, 0.2) is 48.5 Å². The Morgan fingerprint density at radius 3 is 2.55 bits per heavy atom. The molecular formula is C24H31ClN2O3S. The molecule has 7 heteroatoms. The summed E-state index contributed by atoms with van der Waals surface area (Å²) in [6, 6.07) is 14.6. The molecule has 2 aromatic rings. The molecule has 0 bridgehead atoms. The summed E-state index contributed by atoms with van der Waals surface area (Å²) in [6.45, 7) is 4.80. The maximum atomic E-state index is 13.1. The first-order valence-electron chi connectivity index (χ1n) is 10.5. The van der Waals surface area contributed by atoms with Crippen molar-refractivity contribution in [3.8, 4) is 5.75 Å². The van der Waals surface area contributed by atoms with E-state index in [0.717, 1.165) is 29.7 Å². The Balaban J connectivity index is 2.02. The number of halogens is 1. The van der Waals surface area contributed by atoms with E-state index in [4.69, 9.17) is 16.3 Å². The number of benzene rings is 2. The van der Waals surface area contributed by atoms with Crippen molar-refractivity contribution in [2.24, 2.45) is 0 Å². The number of carbonyl (C=O) groups is 2. The maximum Gasteiger partial charge on any atom is 0.242 e. The number of rotatable bonds is 12. The van der Waals surface area contributed by atoms with E-state index < -0.39 is 6.04 Å². The van der Waals surface area contributed by atoms with Crippen LogP contribution in [0.3, 0.4) is 0 Å². The van der Waals surface area contributed by atoms with Gasteiger partial charge in [-0.25, -0.2) is 0 Å². The highest BCUT2D eigenvalue weighted by molar-refractivity contribution is 7.99. The third-order valence-corrected chi connectivity index (χ3v) is 6.12. The van der Waals surface area contributed by atoms with Gasteiger partial charge in [0, 0.05) is 23.9 Å². The minimum absolute atomic E-state index is 0.0726. The lowest BCUT2D eigenvalue weighted by Gasteiger charge is -2.29. The van der Waals surface area contributed by atoms with Crippen LogP contribution >= 0.6 is 23.4 Å². The van der Waals surface area contributed by atoms with Crippen molar-refractivity contribution >= 4 is 35.2 Å². The van der Waals surface area contributed by atoms with Crippen molar-refractivity contribution in [3.05, 3.63) is 64.7 Å². The third kappa shape index (κ3) is 8.46. The Kier molecular flexibility index (Phi) is 10.7. The molecule has 0 saturated carbocycles. The standard InChI is InChI=1S/C24H31ClN2O3S/c1-4-5-13-26-24(29)18(2)27(15-20-7-6-8-21(25)14-20)23(28)17-31-16-19-9-11-22(30-3)12-10-19/h6-12,14,18H,4-5,13,15-17H2,1-3H3,(H,26,29). The zero-order chi connectivity index (χ0) is 22.6. The topological polar surface area (TPSA) is 58.6 Å². The van der Waals surface area contributed by atoms with Gasteiger partial charge in [-0.1, -0.05) is 49.2 Å². The van der Waals surface area contributed by atoms with Gasteiger partial charge in [0.1, 0.15) is 11.8 Å². The largest absolute Gasteiger partial charge is 0.497 e. The van der Waals surface area contributed by atoms with Crippen molar-refractivity contribution < 1.29 is 14.3 Å². The molecular weight excluding hydrogens is 432 g/mol. The summed E-state index contributed by atoms with van der Waals surface area (Å²) in [5.74, 6) is 1.60. The molecule has 31 heavy (non-hydrogen) atoms. The second-order valence-electron chi connectivity index (χ2n) is 7.31. The van der Waals surface area contributed by atoms with Crippen LogP contribution in [0.1, 0.15) is 37.8 Å². The molecule has 0 aliphatic rings. The smallest absolute Gasteiger partial charge is 0.242 e. The van der Waals surface area contributed by atoms with E-state index in [2.05, 4.69) is 12.2 Å². The van der Waals surface area contributed by atoms with Gasteiger partial charge in [-0.3, -0.25) is 9.59 Å². The highest BCUT2D eigenvalue weighted by Gasteiger charge is 2.25. The molecule has 0 radical (unpaired) electrons. The molecule has 1 unspecified atom stereocenters. The maximum absolute atomic E-state index is 13.1. The van der Waals surface area contributed by atoms with Gasteiger partial charge in [0.05, 0.1) is 12.9 Å². The van der Waals surface area contributed by atoms with Crippen LogP contribution in [0.2, 0.25) is 5.02 Å². The van der Waals surface area contributed by atoms with Crippen molar-refractivity contribution in [2.75, 3.05) is 19.4 Å². The Labute approximate surface area is 194 Å². The predicted molar refractivity (Wildman–Crippen MR) is 129 cm³/mol. The van der Waals surface area contributed by atoms with E-state index in [1.807, 2.05) is 42.5 Å². The zero-order valence-corrected chi connectivity index (χ0v) is 20.0. The molecule has 1 N–H and O–H groups in total. The van der Waals surface area contributed by atoms with E-state index >= 15 is 0 Å². The van der Waals surface area contributed by atoms with Gasteiger partial charge in [-0.05, 0) is 48.7 Å². The average Bonchev–Trinajstić information content (AvgIpc) is 2.77. The number of amides is 2. The van der Waals surface area contributed by atoms with Crippen molar-refractivity contribution in [2.45, 2.75) is 45.0 Å². The van der Waals surface area contributed by atoms with Gasteiger partial charge < -0.3 is 15.0 Å². The minimum atomic E-state index is -0.565. The summed E-state index contributed by atoms with van der Waals surface area (Å²) < 4.78 is 5.18. The first-order chi connectivity index (χ1) is 14.9. The van der Waals surface area contributed by atoms with Gasteiger partial charge in [0.2, 0.25) is 11.8 Å². The van der Waals surface area contributed by atoms with Gasteiger partial charge in [-0.15, -0.1) is 11.8 Å². The Hall–Kier alpha value is -2.18. The lowest BCUT2D eigenvalue weighted by Crippen LogP contribution is -2.48. The Morgan fingerprint density at radius 2 is 1.90 bits per heavy atom. The molecule has 0 saturated heterocycles. The van der Waals surface area contributed by atoms with Crippen LogP contribution < -0.4 is 10.1 Å². The lowest BCUT2D eigenvalue weighted by molar-refractivity contribution is -0.138. The van der Waals surface area contributed by atoms with E-state index in [-0.39, 0.29) is 11.8 Å². The first-order valence-corrected chi connectivity index (χ1v) is 12.0. The zero-order valence-electron chi connectivity index (χ0n) is 18.4. The SMILES string of the molecule is CCCCNC(=O)C(C)N(Cc1cccc(Cl)c1)C(=O)CSCc1ccc(OC)cc1. The van der Waals surface area contributed by atoms with E-state index in [9.17, 15) is 9.59 Å². The lowest BCUT2D eigenvalue weighted by atomic mass is 10.1. The number of nitrogens with zero attached hydrogens (tertiary/aromatic N) is 1. The quantitative estimate of drug-likeness (QED) is 0.455. The summed E-state index contributed by atoms with van der Waals surface area (Å²) in [7, 11) is 1.64. The minimum Gasteiger partial charge on any atom is -0.497 e. The molecule has 0 fully saturated rings. The summed E-state index contributed by atoms with van der Waals surface area (Å²) in [5, 5.41) is 3.54. The molecule has 0 heterocycles. The molecule has 5 nitrogen and oxygen atoms in total. The van der Waals surface area contributed by atoms with Crippen molar-refractivity contribution in [1.29, 1.82) is 0 Å². The van der Waals surface area contributed by atoms with Crippen LogP contribution in [0.5, 0.6) is 5.75 Å². The number of thioether (sulfide) groups is 1. The van der Waals surface area contributed by atoms with Crippen LogP contribution in [0.25, 0.3) is 0 Å². The third-order valence-electron chi connectivity index (χ3n) is 4.89. The van der Waals surface area contributed by atoms with Crippen LogP contribution in [0, 0.1) is 0 Å². The Morgan fingerprint density at radius 1 is 1.16 bits per heavy atom. The first kappa shape index (κ1) is 25.1. The number of carbonyl (C=O) groups excluding carboxylic acids is 2. The highest BCUT2D eigenvalue weighted by Crippen LogP contribution is 2.19. The van der Waals surface area contributed by atoms with E-state index in [0.29, 0.717) is 29.6 Å². The molecule has 0 aliphatic heterocycles. The monoisotopic (exact) mass is 462 g/mol. The highest BCUT2D eigenvalue weighted by atomic mass is 35.5. The summed E-state index contributed by atoms with van der Waals surface area (Å²) in [5.41, 5.74) is 2.01. The van der Waals surface area contributed by atoms with Crippen LogP contribution in [0.4, 0.5) is 0 Å². The van der Waals surface area contributed by atoms with Gasteiger partial charge in [-0.2, -0.15) is 0 Å². The molecule has 2 amide bonds. The average molecular weight is 463 g/mol. The molecule has 2 rings (SSSR count). The fourth-order valence-corrected chi connectivity index (χ4v) is 4.10. The summed E-state index contributed by atoms with van der Waals surface area (Å²) in [6.07, 6.45) is 1.92. The van der Waals surface area contributed by atoms with Crippen molar-refractivity contribution in [3.63, 3.8) is 0 Å². The predicted octanol–water partition coefficient (Wildman–Crippen LogP) is 4.92. The van der Waals surface area contributed by atoms with Gasteiger partial charge in [0.15, 0.2) is 0 Å². The fourth-order valence-electron chi connectivity index (χ4n) is 3.01. The van der Waals surface area contributed by atoms with Crippen LogP contribution in [-0.4, -0.2) is 42.2 Å². The Bertz CT molecular complexity index is 845. The second-order valence-corrected chi connectivity index (χ2v) is 8.74.